The van der Waals surface area contributed by atoms with Crippen molar-refractivity contribution >= 4 is 14.5 Å². The zero-order valence-electron chi connectivity index (χ0n) is 10.6. The minimum absolute atomic E-state index is 0.758. The Morgan fingerprint density at radius 1 is 1.00 bits per heavy atom. The molecule has 17 heavy (non-hydrogen) atoms. The number of benzene rings is 1. The molecule has 1 aromatic carbocycles. The van der Waals surface area contributed by atoms with Gasteiger partial charge in [0.1, 0.15) is 0 Å². The monoisotopic (exact) mass is 252 g/mol. The van der Waals surface area contributed by atoms with E-state index < -0.39 is 8.38 Å². The molecule has 0 unspecified atom stereocenters. The van der Waals surface area contributed by atoms with Crippen molar-refractivity contribution < 1.29 is 9.05 Å². The highest BCUT2D eigenvalue weighted by Gasteiger charge is 2.04. The fourth-order valence-electron chi connectivity index (χ4n) is 1.20. The number of hydrogen-bond acceptors (Lipinski definition) is 2. The summed E-state index contributed by atoms with van der Waals surface area (Å²) < 4.78 is 11.3. The van der Waals surface area contributed by atoms with Crippen LogP contribution >= 0.6 is 8.38 Å². The summed E-state index contributed by atoms with van der Waals surface area (Å²) in [7, 11) is -0.877. The Labute approximate surface area is 106 Å². The molecule has 2 nitrogen and oxygen atoms in total. The number of hydrogen-bond donors (Lipinski definition) is 0. The van der Waals surface area contributed by atoms with Crippen molar-refractivity contribution in [3.8, 4) is 0 Å². The molecule has 0 aliphatic rings. The maximum absolute atomic E-state index is 5.67. The lowest BCUT2D eigenvalue weighted by Gasteiger charge is -2.12. The molecule has 0 aromatic heterocycles. The van der Waals surface area contributed by atoms with Gasteiger partial charge in [0.2, 0.25) is 0 Å². The van der Waals surface area contributed by atoms with Crippen molar-refractivity contribution in [3.63, 3.8) is 0 Å². The molecule has 0 saturated carbocycles. The lowest BCUT2D eigenvalue weighted by molar-refractivity contribution is 0.256. The van der Waals surface area contributed by atoms with E-state index >= 15 is 0 Å². The standard InChI is InChI=1S/C14H21O2P/c1-3-11-15-17(16-12-4-2)13-10-14-8-6-5-7-9-14/h5-10,13H,3-4,11-12H2,1-2H3. The highest BCUT2D eigenvalue weighted by atomic mass is 31.2. The Bertz CT molecular complexity index is 303. The Morgan fingerprint density at radius 3 is 2.12 bits per heavy atom. The summed E-state index contributed by atoms with van der Waals surface area (Å²) >= 11 is 0. The average molecular weight is 252 g/mol. The second-order valence-corrected chi connectivity index (χ2v) is 5.06. The molecular weight excluding hydrogens is 231 g/mol. The van der Waals surface area contributed by atoms with Gasteiger partial charge in [-0.05, 0) is 30.3 Å². The minimum Gasteiger partial charge on any atom is -0.331 e. The first-order valence-corrected chi connectivity index (χ1v) is 7.39. The van der Waals surface area contributed by atoms with E-state index in [0.717, 1.165) is 26.1 Å². The molecule has 0 fully saturated rings. The summed E-state index contributed by atoms with van der Waals surface area (Å²) in [6.07, 6.45) is 4.11. The third-order valence-electron chi connectivity index (χ3n) is 2.03. The molecule has 0 N–H and O–H groups in total. The quantitative estimate of drug-likeness (QED) is 0.617. The van der Waals surface area contributed by atoms with Crippen LogP contribution in [-0.2, 0) is 9.05 Å². The summed E-state index contributed by atoms with van der Waals surface area (Å²) in [6.45, 7) is 5.73. The second-order valence-electron chi connectivity index (χ2n) is 3.68. The predicted molar refractivity (Wildman–Crippen MR) is 74.9 cm³/mol. The van der Waals surface area contributed by atoms with Crippen molar-refractivity contribution in [1.82, 2.24) is 0 Å². The molecule has 0 aliphatic heterocycles. The van der Waals surface area contributed by atoms with Crippen LogP contribution in [-0.4, -0.2) is 13.2 Å². The van der Waals surface area contributed by atoms with Crippen LogP contribution in [0, 0.1) is 0 Å². The largest absolute Gasteiger partial charge is 0.331 e. The van der Waals surface area contributed by atoms with E-state index in [-0.39, 0.29) is 0 Å². The van der Waals surface area contributed by atoms with Gasteiger partial charge in [0.25, 0.3) is 0 Å². The first-order chi connectivity index (χ1) is 8.36. The van der Waals surface area contributed by atoms with E-state index in [1.165, 1.54) is 5.56 Å². The molecule has 0 spiro atoms. The van der Waals surface area contributed by atoms with Gasteiger partial charge in [-0.1, -0.05) is 44.2 Å². The van der Waals surface area contributed by atoms with Crippen LogP contribution in [0.25, 0.3) is 6.08 Å². The number of rotatable bonds is 8. The van der Waals surface area contributed by atoms with Crippen LogP contribution in [0.15, 0.2) is 36.1 Å². The van der Waals surface area contributed by atoms with Crippen molar-refractivity contribution in [1.29, 1.82) is 0 Å². The van der Waals surface area contributed by atoms with E-state index in [1.54, 1.807) is 0 Å². The van der Waals surface area contributed by atoms with Gasteiger partial charge in [-0.2, -0.15) is 0 Å². The van der Waals surface area contributed by atoms with Gasteiger partial charge >= 0.3 is 0 Å². The lowest BCUT2D eigenvalue weighted by atomic mass is 10.2. The maximum atomic E-state index is 5.67. The summed E-state index contributed by atoms with van der Waals surface area (Å²) in [5, 5.41) is 0. The smallest absolute Gasteiger partial charge is 0.197 e. The fraction of sp³-hybridized carbons (Fsp3) is 0.429. The van der Waals surface area contributed by atoms with Crippen LogP contribution in [0.5, 0.6) is 0 Å². The highest BCUT2D eigenvalue weighted by molar-refractivity contribution is 7.51. The van der Waals surface area contributed by atoms with Gasteiger partial charge in [-0.3, -0.25) is 0 Å². The van der Waals surface area contributed by atoms with Crippen molar-refractivity contribution in [2.45, 2.75) is 26.7 Å². The van der Waals surface area contributed by atoms with E-state index in [9.17, 15) is 0 Å². The van der Waals surface area contributed by atoms with Gasteiger partial charge in [0, 0.05) is 0 Å². The topological polar surface area (TPSA) is 18.5 Å². The molecule has 0 bridgehead atoms. The second kappa shape index (κ2) is 9.35. The highest BCUT2D eigenvalue weighted by Crippen LogP contribution is 2.40. The zero-order valence-corrected chi connectivity index (χ0v) is 11.5. The molecule has 3 heteroatoms. The van der Waals surface area contributed by atoms with Crippen molar-refractivity contribution in [3.05, 3.63) is 41.7 Å². The van der Waals surface area contributed by atoms with Gasteiger partial charge in [-0.15, -0.1) is 0 Å². The third kappa shape index (κ3) is 6.58. The SMILES string of the molecule is CCCOP(C=Cc1ccccc1)OCCC. The van der Waals surface area contributed by atoms with Crippen LogP contribution in [0.2, 0.25) is 0 Å². The van der Waals surface area contributed by atoms with E-state index in [4.69, 9.17) is 9.05 Å². The van der Waals surface area contributed by atoms with Crippen molar-refractivity contribution in [2.75, 3.05) is 13.2 Å². The molecule has 94 valence electrons. The van der Waals surface area contributed by atoms with Crippen molar-refractivity contribution in [2.24, 2.45) is 0 Å². The lowest BCUT2D eigenvalue weighted by Crippen LogP contribution is -1.91. The predicted octanol–water partition coefficient (Wildman–Crippen LogP) is 4.82. The first-order valence-electron chi connectivity index (χ1n) is 6.15. The average Bonchev–Trinajstić information content (AvgIpc) is 2.39. The van der Waals surface area contributed by atoms with E-state index in [0.29, 0.717) is 0 Å². The Morgan fingerprint density at radius 2 is 1.59 bits per heavy atom. The van der Waals surface area contributed by atoms with Crippen LogP contribution < -0.4 is 0 Å². The Balaban J connectivity index is 2.49. The molecule has 0 amide bonds. The summed E-state index contributed by atoms with van der Waals surface area (Å²) in [6, 6.07) is 10.2. The Kier molecular flexibility index (Phi) is 7.91. The first kappa shape index (κ1) is 14.4. The summed E-state index contributed by atoms with van der Waals surface area (Å²) in [4.78, 5) is 0. The summed E-state index contributed by atoms with van der Waals surface area (Å²) in [5.74, 6) is 2.04. The van der Waals surface area contributed by atoms with E-state index in [2.05, 4.69) is 32.1 Å². The fourth-order valence-corrected chi connectivity index (χ4v) is 2.46. The normalized spacial score (nSPS) is 11.5. The molecule has 0 saturated heterocycles. The molecule has 0 radical (unpaired) electrons. The molecule has 1 aromatic rings. The van der Waals surface area contributed by atoms with Gasteiger partial charge in [0.05, 0.1) is 13.2 Å². The van der Waals surface area contributed by atoms with Gasteiger partial charge in [0.15, 0.2) is 8.38 Å². The van der Waals surface area contributed by atoms with Gasteiger partial charge < -0.3 is 9.05 Å². The van der Waals surface area contributed by atoms with Crippen LogP contribution in [0.1, 0.15) is 32.3 Å². The van der Waals surface area contributed by atoms with Crippen LogP contribution in [0.4, 0.5) is 0 Å². The molecule has 0 atom stereocenters. The zero-order chi connectivity index (χ0) is 12.3. The third-order valence-corrected chi connectivity index (χ3v) is 3.30. The Hall–Kier alpha value is -0.690. The van der Waals surface area contributed by atoms with E-state index in [1.807, 2.05) is 24.0 Å². The minimum atomic E-state index is -0.877. The molecule has 0 aliphatic carbocycles. The maximum Gasteiger partial charge on any atom is 0.197 e. The molecule has 0 heterocycles. The molecular formula is C14H21O2P. The van der Waals surface area contributed by atoms with Crippen LogP contribution in [0.3, 0.4) is 0 Å². The summed E-state index contributed by atoms with van der Waals surface area (Å²) in [5.41, 5.74) is 1.18. The molecule has 1 rings (SSSR count). The van der Waals surface area contributed by atoms with Gasteiger partial charge in [-0.25, -0.2) is 0 Å².